The normalized spacial score (nSPS) is 17.7. The summed E-state index contributed by atoms with van der Waals surface area (Å²) in [6.07, 6.45) is -1.03. The molecular weight excluding hydrogens is 579 g/mol. The summed E-state index contributed by atoms with van der Waals surface area (Å²) in [4.78, 5) is 39.7. The number of fused-ring (bicyclic) bond motifs is 2. The van der Waals surface area contributed by atoms with Gasteiger partial charge in [-0.2, -0.15) is 13.2 Å². The third kappa shape index (κ3) is 5.31. The number of carbonyl (C=O) groups is 2. The maximum absolute atomic E-state index is 14.1. The first-order chi connectivity index (χ1) is 20.5. The summed E-state index contributed by atoms with van der Waals surface area (Å²) in [5.41, 5.74) is 4.84. The Balaban J connectivity index is 1.69. The van der Waals surface area contributed by atoms with E-state index >= 15 is 0 Å². The van der Waals surface area contributed by atoms with Crippen LogP contribution in [0.4, 0.5) is 13.2 Å². The van der Waals surface area contributed by atoms with E-state index in [0.29, 0.717) is 0 Å². The lowest BCUT2D eigenvalue weighted by atomic mass is 9.89. The molecule has 7 nitrogen and oxygen atoms in total. The van der Waals surface area contributed by atoms with Crippen LogP contribution in [0.5, 0.6) is 0 Å². The first-order valence-electron chi connectivity index (χ1n) is 14.0. The summed E-state index contributed by atoms with van der Waals surface area (Å²) in [5.74, 6) is -2.35. The molecule has 2 aliphatic rings. The Bertz CT molecular complexity index is 1810. The average Bonchev–Trinajstić information content (AvgIpc) is 3.52. The second-order valence-corrected chi connectivity index (χ2v) is 12.0. The van der Waals surface area contributed by atoms with Gasteiger partial charge in [-0.15, -0.1) is 0 Å². The van der Waals surface area contributed by atoms with Crippen molar-refractivity contribution in [1.82, 2.24) is 8.87 Å². The average molecular weight is 608 g/mol. The minimum atomic E-state index is -4.66. The number of carboxylic acid groups (broad SMARTS) is 1. The first kappa shape index (κ1) is 29.0. The molecule has 1 atom stereocenters. The lowest BCUT2D eigenvalue weighted by Crippen LogP contribution is -2.46. The number of carbonyl (C=O) groups excluding carboxylic acids is 1. The highest BCUT2D eigenvalue weighted by atomic mass is 32.2. The van der Waals surface area contributed by atoms with Crippen molar-refractivity contribution in [3.63, 3.8) is 0 Å². The van der Waals surface area contributed by atoms with Gasteiger partial charge in [-0.1, -0.05) is 67.4 Å². The van der Waals surface area contributed by atoms with E-state index in [0.717, 1.165) is 58.7 Å². The van der Waals surface area contributed by atoms with Crippen molar-refractivity contribution in [3.05, 3.63) is 99.3 Å². The predicted octanol–water partition coefficient (Wildman–Crippen LogP) is 6.27. The van der Waals surface area contributed by atoms with Gasteiger partial charge in [0.25, 0.3) is 11.5 Å². The number of hydrogen-bond acceptors (Lipinski definition) is 5. The zero-order valence-corrected chi connectivity index (χ0v) is 23.8. The van der Waals surface area contributed by atoms with Gasteiger partial charge in [0.05, 0.1) is 5.56 Å². The minimum absolute atomic E-state index is 0.000472. The standard InChI is InChI=1S/C32H28F3N3O4S/c33-32(34,35)21-11-6-10-20(15-21)26-24(16-19-9-5-8-18-7-1-4-14-23(18)19)27(28(36)39)29(40)38-25(31(41)42)17-37(43-30(26)38)22-12-2-3-13-22/h1,4-11,14-15,22,25H,2-3,12-13,16-17H2,(H2,36,39)(H,41,42). The van der Waals surface area contributed by atoms with Crippen molar-refractivity contribution in [2.75, 3.05) is 6.54 Å². The van der Waals surface area contributed by atoms with Crippen LogP contribution in [0.1, 0.15) is 58.8 Å². The minimum Gasteiger partial charge on any atom is -0.480 e. The number of nitrogens with two attached hydrogens (primary N) is 1. The van der Waals surface area contributed by atoms with Gasteiger partial charge in [0.15, 0.2) is 0 Å². The molecule has 1 aromatic heterocycles. The molecule has 2 heterocycles. The molecule has 1 unspecified atom stereocenters. The number of alkyl halides is 3. The Hall–Kier alpha value is -4.09. The predicted molar refractivity (Wildman–Crippen MR) is 158 cm³/mol. The molecule has 3 aromatic carbocycles. The number of nitrogens with zero attached hydrogens (tertiary/aromatic N) is 2. The van der Waals surface area contributed by atoms with Gasteiger partial charge in [0, 0.05) is 18.2 Å². The summed E-state index contributed by atoms with van der Waals surface area (Å²) in [6, 6.07) is 16.5. The topological polar surface area (TPSA) is 106 Å². The van der Waals surface area contributed by atoms with Crippen LogP contribution in [-0.2, 0) is 17.4 Å². The van der Waals surface area contributed by atoms with Gasteiger partial charge in [0.1, 0.15) is 16.6 Å². The Morgan fingerprint density at radius 1 is 1.00 bits per heavy atom. The van der Waals surface area contributed by atoms with Crippen molar-refractivity contribution < 1.29 is 27.9 Å². The van der Waals surface area contributed by atoms with Crippen molar-refractivity contribution in [2.45, 2.75) is 55.4 Å². The molecule has 4 aromatic rings. The number of pyridine rings is 1. The fraction of sp³-hybridized carbons (Fsp3) is 0.281. The molecule has 6 rings (SSSR count). The number of rotatable bonds is 6. The molecule has 1 saturated carbocycles. The van der Waals surface area contributed by atoms with Crippen LogP contribution >= 0.6 is 11.9 Å². The van der Waals surface area contributed by atoms with E-state index in [1.165, 1.54) is 24.1 Å². The van der Waals surface area contributed by atoms with Crippen molar-refractivity contribution in [1.29, 1.82) is 0 Å². The Labute approximate surface area is 249 Å². The number of aliphatic carboxylic acids is 1. The van der Waals surface area contributed by atoms with Crippen LogP contribution in [-0.4, -0.2) is 38.4 Å². The monoisotopic (exact) mass is 607 g/mol. The van der Waals surface area contributed by atoms with Gasteiger partial charge in [-0.05, 0) is 70.8 Å². The number of benzene rings is 3. The third-order valence-corrected chi connectivity index (χ3v) is 9.58. The number of aromatic nitrogens is 1. The largest absolute Gasteiger partial charge is 0.480 e. The molecule has 0 spiro atoms. The second kappa shape index (κ2) is 11.2. The molecule has 1 aliphatic heterocycles. The van der Waals surface area contributed by atoms with Crippen molar-refractivity contribution >= 4 is 34.6 Å². The molecule has 1 fully saturated rings. The molecule has 3 N–H and O–H groups in total. The molecule has 0 radical (unpaired) electrons. The lowest BCUT2D eigenvalue weighted by molar-refractivity contribution is -0.141. The Morgan fingerprint density at radius 3 is 2.40 bits per heavy atom. The number of carboxylic acids is 1. The number of amides is 1. The van der Waals surface area contributed by atoms with E-state index in [-0.39, 0.29) is 40.7 Å². The van der Waals surface area contributed by atoms with E-state index in [9.17, 15) is 32.7 Å². The number of halogens is 3. The summed E-state index contributed by atoms with van der Waals surface area (Å²) in [7, 11) is 0. The molecule has 1 aliphatic carbocycles. The van der Waals surface area contributed by atoms with Crippen LogP contribution in [0.3, 0.4) is 0 Å². The summed E-state index contributed by atoms with van der Waals surface area (Å²) in [6.45, 7) is 0.000472. The van der Waals surface area contributed by atoms with E-state index in [2.05, 4.69) is 0 Å². The maximum atomic E-state index is 14.1. The van der Waals surface area contributed by atoms with Gasteiger partial charge >= 0.3 is 12.1 Å². The Morgan fingerprint density at radius 2 is 1.70 bits per heavy atom. The third-order valence-electron chi connectivity index (χ3n) is 8.33. The Kier molecular flexibility index (Phi) is 7.55. The highest BCUT2D eigenvalue weighted by Gasteiger charge is 2.40. The van der Waals surface area contributed by atoms with Gasteiger partial charge in [-0.25, -0.2) is 9.10 Å². The van der Waals surface area contributed by atoms with Crippen LogP contribution in [0.25, 0.3) is 21.9 Å². The summed E-state index contributed by atoms with van der Waals surface area (Å²) < 4.78 is 44.8. The summed E-state index contributed by atoms with van der Waals surface area (Å²) in [5, 5.41) is 12.2. The number of hydrogen-bond donors (Lipinski definition) is 2. The van der Waals surface area contributed by atoms with Gasteiger partial charge in [-0.3, -0.25) is 14.2 Å². The molecule has 222 valence electrons. The van der Waals surface area contributed by atoms with Crippen LogP contribution in [0.15, 0.2) is 76.6 Å². The van der Waals surface area contributed by atoms with Crippen LogP contribution < -0.4 is 11.3 Å². The molecule has 11 heteroatoms. The van der Waals surface area contributed by atoms with Crippen molar-refractivity contribution in [2.24, 2.45) is 5.73 Å². The first-order valence-corrected chi connectivity index (χ1v) is 14.7. The van der Waals surface area contributed by atoms with Crippen molar-refractivity contribution in [3.8, 4) is 11.1 Å². The van der Waals surface area contributed by atoms with E-state index in [1.54, 1.807) is 0 Å². The zero-order chi connectivity index (χ0) is 30.5. The molecule has 0 bridgehead atoms. The van der Waals surface area contributed by atoms with E-state index in [4.69, 9.17) is 5.73 Å². The van der Waals surface area contributed by atoms with Crippen LogP contribution in [0, 0.1) is 0 Å². The lowest BCUT2D eigenvalue weighted by Gasteiger charge is -2.38. The van der Waals surface area contributed by atoms with E-state index in [1.807, 2.05) is 46.8 Å². The SMILES string of the molecule is NC(=O)c1c(Cc2cccc3ccccc23)c(-c2cccc(C(F)(F)F)c2)c2n(c1=O)C(C(=O)O)CN(C1CCCC1)S2. The number of primary amides is 1. The van der Waals surface area contributed by atoms with Crippen LogP contribution in [0.2, 0.25) is 0 Å². The second-order valence-electron chi connectivity index (χ2n) is 10.9. The molecular formula is C32H28F3N3O4S. The maximum Gasteiger partial charge on any atom is 0.416 e. The molecule has 0 saturated heterocycles. The highest BCUT2D eigenvalue weighted by Crippen LogP contribution is 2.45. The quantitative estimate of drug-likeness (QED) is 0.251. The van der Waals surface area contributed by atoms with E-state index < -0.39 is 40.8 Å². The molecule has 43 heavy (non-hydrogen) atoms. The van der Waals surface area contributed by atoms with Gasteiger partial charge < -0.3 is 10.8 Å². The van der Waals surface area contributed by atoms with Gasteiger partial charge in [0.2, 0.25) is 0 Å². The smallest absolute Gasteiger partial charge is 0.416 e. The molecule has 1 amide bonds. The fourth-order valence-electron chi connectivity index (χ4n) is 6.31. The summed E-state index contributed by atoms with van der Waals surface area (Å²) >= 11 is 1.17. The fourth-order valence-corrected chi connectivity index (χ4v) is 7.74. The highest BCUT2D eigenvalue weighted by molar-refractivity contribution is 7.97. The zero-order valence-electron chi connectivity index (χ0n) is 22.9.